The molecule has 0 N–H and O–H groups in total. The lowest BCUT2D eigenvalue weighted by Gasteiger charge is -2.32. The summed E-state index contributed by atoms with van der Waals surface area (Å²) < 4.78 is 9.46. The van der Waals surface area contributed by atoms with E-state index in [0.29, 0.717) is 19.1 Å². The summed E-state index contributed by atoms with van der Waals surface area (Å²) in [5.41, 5.74) is -0.157. The molecule has 0 aliphatic carbocycles. The van der Waals surface area contributed by atoms with E-state index < -0.39 is 6.16 Å². The Balaban J connectivity index is 2.52. The molecule has 1 saturated heterocycles. The molecule has 0 aromatic carbocycles. The molecular weight excluding hydrogens is 168 g/mol. The van der Waals surface area contributed by atoms with Gasteiger partial charge < -0.3 is 9.47 Å². The van der Waals surface area contributed by atoms with Gasteiger partial charge in [-0.25, -0.2) is 4.79 Å². The van der Waals surface area contributed by atoms with Gasteiger partial charge in [0, 0.05) is 5.88 Å². The van der Waals surface area contributed by atoms with Crippen LogP contribution in [0.2, 0.25) is 0 Å². The highest BCUT2D eigenvalue weighted by Gasteiger charge is 2.35. The monoisotopic (exact) mass is 178 g/mol. The third-order valence-corrected chi connectivity index (χ3v) is 2.59. The fourth-order valence-electron chi connectivity index (χ4n) is 0.883. The highest BCUT2D eigenvalue weighted by Crippen LogP contribution is 2.27. The summed E-state index contributed by atoms with van der Waals surface area (Å²) in [5.74, 6) is 0.469. The Morgan fingerprint density at radius 1 is 1.55 bits per heavy atom. The highest BCUT2D eigenvalue weighted by molar-refractivity contribution is 6.18. The van der Waals surface area contributed by atoms with Gasteiger partial charge >= 0.3 is 6.16 Å². The Morgan fingerprint density at radius 2 is 2.09 bits per heavy atom. The van der Waals surface area contributed by atoms with Crippen molar-refractivity contribution in [3.63, 3.8) is 0 Å². The van der Waals surface area contributed by atoms with Crippen LogP contribution in [0.4, 0.5) is 4.79 Å². The van der Waals surface area contributed by atoms with Crippen molar-refractivity contribution in [2.24, 2.45) is 5.41 Å². The first-order valence-electron chi connectivity index (χ1n) is 3.58. The summed E-state index contributed by atoms with van der Waals surface area (Å²) in [6.45, 7) is 2.77. The summed E-state index contributed by atoms with van der Waals surface area (Å²) >= 11 is 5.71. The van der Waals surface area contributed by atoms with E-state index in [9.17, 15) is 4.79 Å². The fraction of sp³-hybridized carbons (Fsp3) is 0.857. The zero-order valence-corrected chi connectivity index (χ0v) is 7.19. The normalized spacial score (nSPS) is 22.2. The molecule has 3 nitrogen and oxygen atoms in total. The second-order valence-electron chi connectivity index (χ2n) is 2.81. The number of halogens is 1. The second-order valence-corrected chi connectivity index (χ2v) is 3.08. The summed E-state index contributed by atoms with van der Waals surface area (Å²) in [6.07, 6.45) is 0.281. The predicted molar refractivity (Wildman–Crippen MR) is 40.7 cm³/mol. The van der Waals surface area contributed by atoms with Crippen LogP contribution >= 0.6 is 11.6 Å². The van der Waals surface area contributed by atoms with Crippen LogP contribution in [0.15, 0.2) is 0 Å². The average molecular weight is 179 g/mol. The zero-order chi connectivity index (χ0) is 8.32. The molecule has 0 aromatic rings. The average Bonchev–Trinajstić information content (AvgIpc) is 2.07. The van der Waals surface area contributed by atoms with Gasteiger partial charge in [0.05, 0.1) is 5.41 Å². The lowest BCUT2D eigenvalue weighted by Crippen LogP contribution is -2.40. The molecule has 0 atom stereocenters. The molecule has 0 aromatic heterocycles. The molecule has 0 saturated carbocycles. The SMILES string of the molecule is CCC1(CCl)COC(=O)OC1. The van der Waals surface area contributed by atoms with Crippen LogP contribution < -0.4 is 0 Å². The smallest absolute Gasteiger partial charge is 0.434 e. The van der Waals surface area contributed by atoms with Gasteiger partial charge in [0.25, 0.3) is 0 Å². The number of hydrogen-bond acceptors (Lipinski definition) is 3. The minimum absolute atomic E-state index is 0.157. The van der Waals surface area contributed by atoms with Crippen LogP contribution in [0.3, 0.4) is 0 Å². The molecule has 1 aliphatic heterocycles. The quantitative estimate of drug-likeness (QED) is 0.478. The Hall–Kier alpha value is -0.440. The summed E-state index contributed by atoms with van der Waals surface area (Å²) in [5, 5.41) is 0. The van der Waals surface area contributed by atoms with Crippen molar-refractivity contribution in [1.29, 1.82) is 0 Å². The van der Waals surface area contributed by atoms with Crippen molar-refractivity contribution in [2.75, 3.05) is 19.1 Å². The third kappa shape index (κ3) is 1.77. The molecule has 1 fully saturated rings. The molecule has 64 valence electrons. The predicted octanol–water partition coefficient (Wildman–Crippen LogP) is 1.79. The Bertz CT molecular complexity index is 142. The molecule has 0 amide bonds. The first kappa shape index (κ1) is 8.65. The number of rotatable bonds is 2. The molecule has 4 heteroatoms. The molecule has 1 rings (SSSR count). The first-order chi connectivity index (χ1) is 5.22. The Labute approximate surface area is 70.6 Å². The standard InChI is InChI=1S/C7H11ClO3/c1-2-7(3-8)4-10-6(9)11-5-7/h2-5H2,1H3. The van der Waals surface area contributed by atoms with Crippen LogP contribution in [-0.4, -0.2) is 25.2 Å². The maximum Gasteiger partial charge on any atom is 0.508 e. The topological polar surface area (TPSA) is 35.5 Å². The summed E-state index contributed by atoms with van der Waals surface area (Å²) in [6, 6.07) is 0. The largest absolute Gasteiger partial charge is 0.508 e. The molecule has 1 aliphatic rings. The van der Waals surface area contributed by atoms with E-state index in [2.05, 4.69) is 0 Å². The Kier molecular flexibility index (Phi) is 2.60. The van der Waals surface area contributed by atoms with Crippen LogP contribution in [0, 0.1) is 5.41 Å². The number of ether oxygens (including phenoxy) is 2. The number of carbonyl (C=O) groups is 1. The van der Waals surface area contributed by atoms with Gasteiger partial charge in [0.15, 0.2) is 0 Å². The minimum Gasteiger partial charge on any atom is -0.434 e. The number of hydrogen-bond donors (Lipinski definition) is 0. The van der Waals surface area contributed by atoms with E-state index in [-0.39, 0.29) is 5.41 Å². The molecule has 0 bridgehead atoms. The second kappa shape index (κ2) is 3.30. The van der Waals surface area contributed by atoms with E-state index in [1.54, 1.807) is 0 Å². The van der Waals surface area contributed by atoms with E-state index >= 15 is 0 Å². The minimum atomic E-state index is -0.584. The van der Waals surface area contributed by atoms with Crippen molar-refractivity contribution in [1.82, 2.24) is 0 Å². The maximum absolute atomic E-state index is 10.5. The van der Waals surface area contributed by atoms with Gasteiger partial charge in [0.1, 0.15) is 13.2 Å². The van der Waals surface area contributed by atoms with Crippen LogP contribution in [-0.2, 0) is 9.47 Å². The van der Waals surface area contributed by atoms with Gasteiger partial charge in [0.2, 0.25) is 0 Å². The van der Waals surface area contributed by atoms with E-state index in [1.165, 1.54) is 0 Å². The van der Waals surface area contributed by atoms with Gasteiger partial charge in [-0.2, -0.15) is 0 Å². The van der Waals surface area contributed by atoms with E-state index in [1.807, 2.05) is 6.92 Å². The highest BCUT2D eigenvalue weighted by atomic mass is 35.5. The van der Waals surface area contributed by atoms with Gasteiger partial charge in [-0.15, -0.1) is 11.6 Å². The lowest BCUT2D eigenvalue weighted by molar-refractivity contribution is -0.0517. The first-order valence-corrected chi connectivity index (χ1v) is 4.11. The molecular formula is C7H11ClO3. The van der Waals surface area contributed by atoms with Crippen molar-refractivity contribution < 1.29 is 14.3 Å². The number of carbonyl (C=O) groups excluding carboxylic acids is 1. The van der Waals surface area contributed by atoms with Crippen molar-refractivity contribution in [3.05, 3.63) is 0 Å². The van der Waals surface area contributed by atoms with Gasteiger partial charge in [-0.1, -0.05) is 6.92 Å². The van der Waals surface area contributed by atoms with Crippen molar-refractivity contribution in [2.45, 2.75) is 13.3 Å². The van der Waals surface area contributed by atoms with E-state index in [0.717, 1.165) is 6.42 Å². The van der Waals surface area contributed by atoms with Crippen LogP contribution in [0.25, 0.3) is 0 Å². The molecule has 11 heavy (non-hydrogen) atoms. The van der Waals surface area contributed by atoms with Crippen LogP contribution in [0.1, 0.15) is 13.3 Å². The van der Waals surface area contributed by atoms with Gasteiger partial charge in [-0.3, -0.25) is 0 Å². The Morgan fingerprint density at radius 3 is 2.45 bits per heavy atom. The molecule has 0 unspecified atom stereocenters. The lowest BCUT2D eigenvalue weighted by atomic mass is 9.89. The molecule has 0 radical (unpaired) electrons. The van der Waals surface area contributed by atoms with Gasteiger partial charge in [-0.05, 0) is 6.42 Å². The molecule has 0 spiro atoms. The van der Waals surface area contributed by atoms with Crippen molar-refractivity contribution >= 4 is 17.8 Å². The summed E-state index contributed by atoms with van der Waals surface area (Å²) in [7, 11) is 0. The van der Waals surface area contributed by atoms with Crippen LogP contribution in [0.5, 0.6) is 0 Å². The van der Waals surface area contributed by atoms with E-state index in [4.69, 9.17) is 21.1 Å². The fourth-order valence-corrected chi connectivity index (χ4v) is 1.23. The summed E-state index contributed by atoms with van der Waals surface area (Å²) in [4.78, 5) is 10.5. The third-order valence-electron chi connectivity index (χ3n) is 2.03. The zero-order valence-electron chi connectivity index (χ0n) is 6.43. The van der Waals surface area contributed by atoms with Crippen molar-refractivity contribution in [3.8, 4) is 0 Å². The molecule has 1 heterocycles. The maximum atomic E-state index is 10.5. The number of alkyl halides is 1. The number of cyclic esters (lactones) is 2.